The Bertz CT molecular complexity index is 547. The molecule has 1 rings (SSSR count). The Morgan fingerprint density at radius 1 is 1.32 bits per heavy atom. The second kappa shape index (κ2) is 6.36. The fourth-order valence-corrected chi connectivity index (χ4v) is 2.85. The minimum atomic E-state index is -4.15. The maximum absolute atomic E-state index is 13.6. The first-order valence-electron chi connectivity index (χ1n) is 5.49. The summed E-state index contributed by atoms with van der Waals surface area (Å²) in [6.45, 7) is 0.559. The second-order valence-electron chi connectivity index (χ2n) is 3.97. The Hall–Kier alpha value is -1.12. The molecule has 0 amide bonds. The minimum absolute atomic E-state index is 0.0957. The van der Waals surface area contributed by atoms with E-state index in [9.17, 15) is 21.6 Å². The molecule has 0 atom stereocenters. The van der Waals surface area contributed by atoms with Crippen LogP contribution in [0.15, 0.2) is 17.0 Å². The second-order valence-corrected chi connectivity index (χ2v) is 5.71. The zero-order valence-corrected chi connectivity index (χ0v) is 11.3. The fraction of sp³-hybridized carbons (Fsp3) is 0.455. The van der Waals surface area contributed by atoms with Crippen molar-refractivity contribution in [1.82, 2.24) is 10.0 Å². The molecule has 0 radical (unpaired) electrons. The van der Waals surface area contributed by atoms with Gasteiger partial charge in [-0.2, -0.15) is 0 Å². The molecule has 19 heavy (non-hydrogen) atoms. The predicted octanol–water partition coefficient (Wildman–Crippen LogP) is 1.40. The van der Waals surface area contributed by atoms with Crippen molar-refractivity contribution in [2.75, 3.05) is 13.6 Å². The smallest absolute Gasteiger partial charge is 0.251 e. The SMILES string of the molecule is CNCc1cc(F)c(C)c(S(=O)(=O)NCC(F)F)c1. The van der Waals surface area contributed by atoms with Crippen LogP contribution in [0.1, 0.15) is 11.1 Å². The van der Waals surface area contributed by atoms with Crippen molar-refractivity contribution < 1.29 is 21.6 Å². The van der Waals surface area contributed by atoms with Crippen LogP contribution in [0.3, 0.4) is 0 Å². The van der Waals surface area contributed by atoms with Gasteiger partial charge < -0.3 is 5.32 Å². The molecule has 0 aromatic heterocycles. The van der Waals surface area contributed by atoms with Gasteiger partial charge >= 0.3 is 0 Å². The third-order valence-corrected chi connectivity index (χ3v) is 4.00. The van der Waals surface area contributed by atoms with Crippen molar-refractivity contribution in [3.8, 4) is 0 Å². The van der Waals surface area contributed by atoms with E-state index < -0.39 is 28.8 Å². The van der Waals surface area contributed by atoms with E-state index in [0.717, 1.165) is 0 Å². The lowest BCUT2D eigenvalue weighted by atomic mass is 10.1. The summed E-state index contributed by atoms with van der Waals surface area (Å²) in [7, 11) is -2.52. The Morgan fingerprint density at radius 2 is 1.95 bits per heavy atom. The topological polar surface area (TPSA) is 58.2 Å². The molecule has 0 fully saturated rings. The number of alkyl halides is 2. The van der Waals surface area contributed by atoms with Crippen molar-refractivity contribution >= 4 is 10.0 Å². The van der Waals surface area contributed by atoms with Crippen LogP contribution in [-0.2, 0) is 16.6 Å². The van der Waals surface area contributed by atoms with E-state index in [-0.39, 0.29) is 17.0 Å². The molecule has 0 spiro atoms. The first-order chi connectivity index (χ1) is 8.77. The molecule has 0 aliphatic heterocycles. The van der Waals surface area contributed by atoms with Crippen LogP contribution in [-0.4, -0.2) is 28.4 Å². The van der Waals surface area contributed by atoms with Crippen molar-refractivity contribution in [3.05, 3.63) is 29.1 Å². The number of benzene rings is 1. The molecule has 0 unspecified atom stereocenters. The van der Waals surface area contributed by atoms with E-state index in [1.807, 2.05) is 0 Å². The summed E-state index contributed by atoms with van der Waals surface area (Å²) in [6.07, 6.45) is -2.81. The molecule has 8 heteroatoms. The van der Waals surface area contributed by atoms with Crippen LogP contribution in [0, 0.1) is 12.7 Å². The first kappa shape index (κ1) is 15.9. The number of sulfonamides is 1. The molecule has 2 N–H and O–H groups in total. The van der Waals surface area contributed by atoms with E-state index >= 15 is 0 Å². The van der Waals surface area contributed by atoms with Crippen LogP contribution in [0.25, 0.3) is 0 Å². The minimum Gasteiger partial charge on any atom is -0.316 e. The summed E-state index contributed by atoms with van der Waals surface area (Å²) in [5.74, 6) is -0.690. The average molecular weight is 296 g/mol. The number of hydrogen-bond acceptors (Lipinski definition) is 3. The van der Waals surface area contributed by atoms with Crippen LogP contribution in [0.5, 0.6) is 0 Å². The summed E-state index contributed by atoms with van der Waals surface area (Å²) in [5.41, 5.74) is 0.324. The standard InChI is InChI=1S/C11H15F3N2O2S/c1-7-9(12)3-8(5-15-2)4-10(7)19(17,18)16-6-11(13)14/h3-4,11,15-16H,5-6H2,1-2H3. The highest BCUT2D eigenvalue weighted by atomic mass is 32.2. The van der Waals surface area contributed by atoms with Gasteiger partial charge in [0.15, 0.2) is 0 Å². The van der Waals surface area contributed by atoms with E-state index in [0.29, 0.717) is 5.56 Å². The van der Waals surface area contributed by atoms with Gasteiger partial charge in [0.2, 0.25) is 10.0 Å². The maximum atomic E-state index is 13.6. The average Bonchev–Trinajstić information content (AvgIpc) is 2.31. The van der Waals surface area contributed by atoms with Crippen LogP contribution in [0.2, 0.25) is 0 Å². The predicted molar refractivity (Wildman–Crippen MR) is 65.1 cm³/mol. The number of hydrogen-bond donors (Lipinski definition) is 2. The summed E-state index contributed by atoms with van der Waals surface area (Å²) in [6, 6.07) is 2.47. The highest BCUT2D eigenvalue weighted by molar-refractivity contribution is 7.89. The zero-order valence-electron chi connectivity index (χ0n) is 10.5. The Kier molecular flexibility index (Phi) is 5.33. The lowest BCUT2D eigenvalue weighted by Gasteiger charge is -2.12. The van der Waals surface area contributed by atoms with Crippen LogP contribution in [0.4, 0.5) is 13.2 Å². The molecule has 108 valence electrons. The summed E-state index contributed by atoms with van der Waals surface area (Å²) >= 11 is 0. The molecular weight excluding hydrogens is 281 g/mol. The van der Waals surface area contributed by atoms with Crippen molar-refractivity contribution in [1.29, 1.82) is 0 Å². The summed E-state index contributed by atoms with van der Waals surface area (Å²) < 4.78 is 63.1. The number of nitrogens with one attached hydrogen (secondary N) is 2. The van der Waals surface area contributed by atoms with Crippen molar-refractivity contribution in [2.45, 2.75) is 24.8 Å². The molecule has 0 saturated heterocycles. The molecule has 0 aliphatic rings. The lowest BCUT2D eigenvalue weighted by Crippen LogP contribution is -2.29. The van der Waals surface area contributed by atoms with Crippen LogP contribution >= 0.6 is 0 Å². The fourth-order valence-electron chi connectivity index (χ4n) is 1.54. The van der Waals surface area contributed by atoms with E-state index in [4.69, 9.17) is 0 Å². The first-order valence-corrected chi connectivity index (χ1v) is 6.97. The number of rotatable bonds is 6. The van der Waals surface area contributed by atoms with Gasteiger partial charge in [-0.05, 0) is 31.7 Å². The van der Waals surface area contributed by atoms with Crippen molar-refractivity contribution in [3.63, 3.8) is 0 Å². The highest BCUT2D eigenvalue weighted by Crippen LogP contribution is 2.20. The third kappa shape index (κ3) is 4.19. The van der Waals surface area contributed by atoms with Gasteiger partial charge in [0, 0.05) is 12.1 Å². The van der Waals surface area contributed by atoms with Crippen LogP contribution < -0.4 is 10.0 Å². The van der Waals surface area contributed by atoms with Gasteiger partial charge in [0.1, 0.15) is 5.82 Å². The van der Waals surface area contributed by atoms with Gasteiger partial charge in [0.05, 0.1) is 11.4 Å². The molecule has 0 aliphatic carbocycles. The molecule has 0 saturated carbocycles. The quantitative estimate of drug-likeness (QED) is 0.834. The highest BCUT2D eigenvalue weighted by Gasteiger charge is 2.21. The molecular formula is C11H15F3N2O2S. The lowest BCUT2D eigenvalue weighted by molar-refractivity contribution is 0.153. The maximum Gasteiger partial charge on any atom is 0.251 e. The van der Waals surface area contributed by atoms with Gasteiger partial charge in [-0.1, -0.05) is 0 Å². The van der Waals surface area contributed by atoms with Gasteiger partial charge in [0.25, 0.3) is 6.43 Å². The molecule has 0 heterocycles. The third-order valence-electron chi connectivity index (χ3n) is 2.45. The Balaban J connectivity index is 3.17. The van der Waals surface area contributed by atoms with Crippen molar-refractivity contribution in [2.24, 2.45) is 0 Å². The monoisotopic (exact) mass is 296 g/mol. The Labute approximate surface area is 110 Å². The Morgan fingerprint density at radius 3 is 2.47 bits per heavy atom. The van der Waals surface area contributed by atoms with Gasteiger partial charge in [-0.25, -0.2) is 26.3 Å². The van der Waals surface area contributed by atoms with Gasteiger partial charge in [-0.15, -0.1) is 0 Å². The largest absolute Gasteiger partial charge is 0.316 e. The molecule has 1 aromatic carbocycles. The van der Waals surface area contributed by atoms with E-state index in [2.05, 4.69) is 5.32 Å². The number of halogens is 3. The molecule has 1 aromatic rings. The summed E-state index contributed by atoms with van der Waals surface area (Å²) in [5, 5.41) is 2.76. The normalized spacial score (nSPS) is 12.1. The zero-order chi connectivity index (χ0) is 14.6. The molecule has 0 bridgehead atoms. The van der Waals surface area contributed by atoms with Gasteiger partial charge in [-0.3, -0.25) is 0 Å². The molecule has 4 nitrogen and oxygen atoms in total. The summed E-state index contributed by atoms with van der Waals surface area (Å²) in [4.78, 5) is -0.321. The van der Waals surface area contributed by atoms with E-state index in [1.54, 1.807) is 11.8 Å². The van der Waals surface area contributed by atoms with E-state index in [1.165, 1.54) is 19.1 Å².